The van der Waals surface area contributed by atoms with Crippen LogP contribution in [0.25, 0.3) is 0 Å². The summed E-state index contributed by atoms with van der Waals surface area (Å²) in [5.74, 6) is -0.120. The second-order valence-electron chi connectivity index (χ2n) is 5.75. The number of hydrogen-bond donors (Lipinski definition) is 2. The van der Waals surface area contributed by atoms with Crippen molar-refractivity contribution in [1.29, 1.82) is 0 Å². The molecule has 0 atom stereocenters. The fraction of sp³-hybridized carbons (Fsp3) is 0.0909. The van der Waals surface area contributed by atoms with Crippen molar-refractivity contribution < 1.29 is 9.59 Å². The Labute approximate surface area is 153 Å². The van der Waals surface area contributed by atoms with E-state index in [-0.39, 0.29) is 11.6 Å². The number of para-hydroxylation sites is 3. The summed E-state index contributed by atoms with van der Waals surface area (Å²) in [5, 5.41) is 6.45. The number of nitrogens with one attached hydrogen (secondary N) is 2. The Morgan fingerprint density at radius 1 is 0.923 bits per heavy atom. The van der Waals surface area contributed by atoms with Gasteiger partial charge in [-0.15, -0.1) is 0 Å². The summed E-state index contributed by atoms with van der Waals surface area (Å²) < 4.78 is 0. The first-order valence-corrected chi connectivity index (χ1v) is 8.20. The van der Waals surface area contributed by atoms with Gasteiger partial charge < -0.3 is 10.6 Å². The van der Waals surface area contributed by atoms with E-state index in [4.69, 9.17) is 0 Å². The van der Waals surface area contributed by atoms with E-state index in [1.807, 2.05) is 42.5 Å². The van der Waals surface area contributed by atoms with Crippen LogP contribution in [0, 0.1) is 0 Å². The minimum absolute atomic E-state index is 0.0178. The zero-order chi connectivity index (χ0) is 19.1. The molecule has 0 saturated heterocycles. The first-order chi connectivity index (χ1) is 12.4. The standard InChI is InChI=1S/C22H22N2O2/c1-5-10-18(16(3)25)15(2)23-21-13-8-9-14-22(21)24-20-12-7-6-11-19(20)17(4)26/h5-14,23-24H,1-2H2,3-4H3/b18-10+. The fourth-order valence-corrected chi connectivity index (χ4v) is 2.52. The Hall–Kier alpha value is -3.40. The number of ketones is 2. The molecule has 0 heterocycles. The van der Waals surface area contributed by atoms with Crippen LogP contribution in [-0.2, 0) is 4.79 Å². The predicted molar refractivity (Wildman–Crippen MR) is 108 cm³/mol. The summed E-state index contributed by atoms with van der Waals surface area (Å²) in [6.45, 7) is 10.6. The molecule has 2 rings (SSSR count). The van der Waals surface area contributed by atoms with Crippen molar-refractivity contribution in [1.82, 2.24) is 0 Å². The van der Waals surface area contributed by atoms with Crippen molar-refractivity contribution >= 4 is 28.6 Å². The number of carbonyl (C=O) groups is 2. The topological polar surface area (TPSA) is 58.2 Å². The number of rotatable bonds is 8. The van der Waals surface area contributed by atoms with Crippen molar-refractivity contribution in [2.24, 2.45) is 0 Å². The number of carbonyl (C=O) groups excluding carboxylic acids is 2. The lowest BCUT2D eigenvalue weighted by Crippen LogP contribution is -2.09. The zero-order valence-corrected chi connectivity index (χ0v) is 15.0. The molecule has 4 heteroatoms. The smallest absolute Gasteiger partial charge is 0.161 e. The highest BCUT2D eigenvalue weighted by Crippen LogP contribution is 2.29. The molecule has 0 aliphatic rings. The summed E-state index contributed by atoms with van der Waals surface area (Å²) in [5.41, 5.74) is 3.77. The molecule has 132 valence electrons. The monoisotopic (exact) mass is 346 g/mol. The van der Waals surface area contributed by atoms with E-state index in [0.29, 0.717) is 22.5 Å². The van der Waals surface area contributed by atoms with Gasteiger partial charge in [-0.25, -0.2) is 0 Å². The minimum Gasteiger partial charge on any atom is -0.354 e. The van der Waals surface area contributed by atoms with E-state index < -0.39 is 0 Å². The van der Waals surface area contributed by atoms with Gasteiger partial charge in [-0.2, -0.15) is 0 Å². The molecule has 0 amide bonds. The third-order valence-electron chi connectivity index (χ3n) is 3.78. The molecule has 4 nitrogen and oxygen atoms in total. The molecule has 0 aromatic heterocycles. The Kier molecular flexibility index (Phi) is 6.28. The van der Waals surface area contributed by atoms with Crippen molar-refractivity contribution in [3.63, 3.8) is 0 Å². The van der Waals surface area contributed by atoms with Gasteiger partial charge in [-0.1, -0.05) is 43.5 Å². The van der Waals surface area contributed by atoms with Crippen LogP contribution in [0.3, 0.4) is 0 Å². The highest BCUT2D eigenvalue weighted by molar-refractivity contribution is 6.01. The molecule has 2 aromatic carbocycles. The Bertz CT molecular complexity index is 895. The van der Waals surface area contributed by atoms with Gasteiger partial charge in [0.2, 0.25) is 0 Å². The molecule has 2 N–H and O–H groups in total. The first-order valence-electron chi connectivity index (χ1n) is 8.20. The van der Waals surface area contributed by atoms with E-state index in [1.165, 1.54) is 13.8 Å². The van der Waals surface area contributed by atoms with Gasteiger partial charge in [0.1, 0.15) is 0 Å². The molecule has 0 saturated carbocycles. The molecule has 26 heavy (non-hydrogen) atoms. The first kappa shape index (κ1) is 18.9. The third-order valence-corrected chi connectivity index (χ3v) is 3.78. The van der Waals surface area contributed by atoms with Crippen LogP contribution in [0.4, 0.5) is 17.1 Å². The number of hydrogen-bond acceptors (Lipinski definition) is 4. The van der Waals surface area contributed by atoms with Crippen LogP contribution in [0.1, 0.15) is 24.2 Å². The Balaban J connectivity index is 2.33. The zero-order valence-electron chi connectivity index (χ0n) is 15.0. The number of benzene rings is 2. The lowest BCUT2D eigenvalue weighted by Gasteiger charge is -2.17. The van der Waals surface area contributed by atoms with Crippen LogP contribution in [0.2, 0.25) is 0 Å². The van der Waals surface area contributed by atoms with E-state index >= 15 is 0 Å². The lowest BCUT2D eigenvalue weighted by molar-refractivity contribution is -0.113. The Morgan fingerprint density at radius 3 is 2.08 bits per heavy atom. The van der Waals surface area contributed by atoms with Crippen molar-refractivity contribution in [3.8, 4) is 0 Å². The summed E-state index contributed by atoms with van der Waals surface area (Å²) >= 11 is 0. The van der Waals surface area contributed by atoms with Crippen LogP contribution in [0.5, 0.6) is 0 Å². The number of allylic oxidation sites excluding steroid dienone is 3. The van der Waals surface area contributed by atoms with Crippen LogP contribution < -0.4 is 10.6 Å². The quantitative estimate of drug-likeness (QED) is 0.389. The second kappa shape index (κ2) is 8.62. The molecule has 0 radical (unpaired) electrons. The third kappa shape index (κ3) is 4.57. The predicted octanol–water partition coefficient (Wildman–Crippen LogP) is 5.26. The lowest BCUT2D eigenvalue weighted by atomic mass is 10.1. The van der Waals surface area contributed by atoms with E-state index in [1.54, 1.807) is 18.2 Å². The minimum atomic E-state index is -0.102. The molecule has 0 unspecified atom stereocenters. The Morgan fingerprint density at radius 2 is 1.50 bits per heavy atom. The van der Waals surface area contributed by atoms with Gasteiger partial charge in [0.05, 0.1) is 11.4 Å². The van der Waals surface area contributed by atoms with Gasteiger partial charge in [-0.05, 0) is 44.2 Å². The van der Waals surface area contributed by atoms with Gasteiger partial charge in [0, 0.05) is 22.5 Å². The summed E-state index contributed by atoms with van der Waals surface area (Å²) in [6.07, 6.45) is 3.18. The molecule has 0 spiro atoms. The average Bonchev–Trinajstić information content (AvgIpc) is 2.61. The molecule has 0 aliphatic heterocycles. The fourth-order valence-electron chi connectivity index (χ4n) is 2.52. The summed E-state index contributed by atoms with van der Waals surface area (Å²) in [4.78, 5) is 23.6. The molecule has 0 aliphatic carbocycles. The van der Waals surface area contributed by atoms with E-state index in [2.05, 4.69) is 23.8 Å². The van der Waals surface area contributed by atoms with Gasteiger partial charge >= 0.3 is 0 Å². The van der Waals surface area contributed by atoms with Crippen molar-refractivity contribution in [3.05, 3.63) is 90.7 Å². The molecule has 0 fully saturated rings. The molecule has 2 aromatic rings. The number of Topliss-reactive ketones (excluding diaryl/α,β-unsaturated/α-hetero) is 2. The van der Waals surface area contributed by atoms with Gasteiger partial charge in [-0.3, -0.25) is 9.59 Å². The SMILES string of the molecule is C=C/C=C(\C(=C)Nc1ccccc1Nc1ccccc1C(C)=O)C(C)=O. The maximum Gasteiger partial charge on any atom is 0.161 e. The van der Waals surface area contributed by atoms with Crippen LogP contribution >= 0.6 is 0 Å². The normalized spacial score (nSPS) is 10.8. The maximum absolute atomic E-state index is 11.8. The summed E-state index contributed by atoms with van der Waals surface area (Å²) in [6, 6.07) is 14.8. The molecular formula is C22H22N2O2. The van der Waals surface area contributed by atoms with Crippen molar-refractivity contribution in [2.75, 3.05) is 10.6 Å². The number of anilines is 3. The van der Waals surface area contributed by atoms with Gasteiger partial charge in [0.25, 0.3) is 0 Å². The van der Waals surface area contributed by atoms with E-state index in [9.17, 15) is 9.59 Å². The second-order valence-corrected chi connectivity index (χ2v) is 5.75. The van der Waals surface area contributed by atoms with Crippen LogP contribution in [0.15, 0.2) is 85.1 Å². The largest absolute Gasteiger partial charge is 0.354 e. The maximum atomic E-state index is 11.8. The van der Waals surface area contributed by atoms with E-state index in [0.717, 1.165) is 11.4 Å². The highest BCUT2D eigenvalue weighted by Gasteiger charge is 2.12. The molecular weight excluding hydrogens is 324 g/mol. The van der Waals surface area contributed by atoms with Gasteiger partial charge in [0.15, 0.2) is 11.6 Å². The highest BCUT2D eigenvalue weighted by atomic mass is 16.1. The van der Waals surface area contributed by atoms with Crippen molar-refractivity contribution in [2.45, 2.75) is 13.8 Å². The average molecular weight is 346 g/mol. The van der Waals surface area contributed by atoms with Crippen LogP contribution in [-0.4, -0.2) is 11.6 Å². The summed E-state index contributed by atoms with van der Waals surface area (Å²) in [7, 11) is 0. The molecule has 0 bridgehead atoms.